The molecule has 0 N–H and O–H groups in total. The largest absolute Gasteiger partial charge is 0.493 e. The number of aromatic nitrogens is 2. The SMILES string of the molecule is COCC(C)OC1=CC2=C(CC1)[N+]1(CC1)N=C2c1cc(N2CC(C)OC(C)C2)ncn1. The Balaban J connectivity index is 1.44. The van der Waals surface area contributed by atoms with Gasteiger partial charge in [0.2, 0.25) is 0 Å². The van der Waals surface area contributed by atoms with Crippen molar-refractivity contribution in [3.8, 4) is 0 Å². The van der Waals surface area contributed by atoms with Crippen LogP contribution in [-0.2, 0) is 14.2 Å². The van der Waals surface area contributed by atoms with Gasteiger partial charge in [-0.25, -0.2) is 9.97 Å². The van der Waals surface area contributed by atoms with Gasteiger partial charge in [0.15, 0.2) is 18.8 Å². The lowest BCUT2D eigenvalue weighted by molar-refractivity contribution is -0.764. The second-order valence-electron chi connectivity index (χ2n) is 9.10. The molecule has 8 heteroatoms. The third-order valence-electron chi connectivity index (χ3n) is 6.31. The second-order valence-corrected chi connectivity index (χ2v) is 9.10. The summed E-state index contributed by atoms with van der Waals surface area (Å²) in [6, 6.07) is 2.08. The maximum atomic E-state index is 6.14. The van der Waals surface area contributed by atoms with Gasteiger partial charge in [-0.1, -0.05) is 5.10 Å². The van der Waals surface area contributed by atoms with E-state index in [4.69, 9.17) is 19.3 Å². The highest BCUT2D eigenvalue weighted by Gasteiger charge is 2.54. The van der Waals surface area contributed by atoms with Gasteiger partial charge < -0.3 is 19.1 Å². The number of hydrogen-bond acceptors (Lipinski definition) is 7. The Morgan fingerprint density at radius 2 is 1.97 bits per heavy atom. The number of allylic oxidation sites excluding steroid dienone is 4. The summed E-state index contributed by atoms with van der Waals surface area (Å²) in [6.45, 7) is 10.6. The second kappa shape index (κ2) is 8.00. The van der Waals surface area contributed by atoms with Crippen LogP contribution in [0.25, 0.3) is 0 Å². The molecular formula is C23H32N5O3+. The van der Waals surface area contributed by atoms with Gasteiger partial charge in [0.05, 0.1) is 30.1 Å². The molecule has 3 atom stereocenters. The highest BCUT2D eigenvalue weighted by molar-refractivity contribution is 6.14. The van der Waals surface area contributed by atoms with Crippen molar-refractivity contribution in [2.24, 2.45) is 5.10 Å². The molecule has 2 fully saturated rings. The predicted octanol–water partition coefficient (Wildman–Crippen LogP) is 2.62. The first-order valence-electron chi connectivity index (χ1n) is 11.3. The van der Waals surface area contributed by atoms with Crippen LogP contribution in [0.5, 0.6) is 0 Å². The van der Waals surface area contributed by atoms with Crippen molar-refractivity contribution in [1.82, 2.24) is 9.97 Å². The van der Waals surface area contributed by atoms with Gasteiger partial charge in [-0.2, -0.15) is 4.59 Å². The fourth-order valence-electron chi connectivity index (χ4n) is 4.92. The van der Waals surface area contributed by atoms with Crippen LogP contribution >= 0.6 is 0 Å². The van der Waals surface area contributed by atoms with Crippen LogP contribution in [0.2, 0.25) is 0 Å². The Morgan fingerprint density at radius 1 is 1.19 bits per heavy atom. The van der Waals surface area contributed by atoms with Gasteiger partial charge in [-0.3, -0.25) is 0 Å². The van der Waals surface area contributed by atoms with Crippen LogP contribution in [0.3, 0.4) is 0 Å². The molecule has 0 bridgehead atoms. The maximum absolute atomic E-state index is 6.14. The van der Waals surface area contributed by atoms with Crippen molar-refractivity contribution in [2.75, 3.05) is 44.8 Å². The number of anilines is 1. The highest BCUT2D eigenvalue weighted by atomic mass is 16.5. The maximum Gasteiger partial charge on any atom is 0.160 e. The van der Waals surface area contributed by atoms with E-state index in [-0.39, 0.29) is 18.3 Å². The van der Waals surface area contributed by atoms with E-state index in [1.807, 2.05) is 6.92 Å². The van der Waals surface area contributed by atoms with E-state index in [1.165, 1.54) is 11.3 Å². The first kappa shape index (κ1) is 20.6. The lowest BCUT2D eigenvalue weighted by Gasteiger charge is -2.36. The summed E-state index contributed by atoms with van der Waals surface area (Å²) in [6.07, 6.45) is 6.12. The zero-order valence-electron chi connectivity index (χ0n) is 18.9. The van der Waals surface area contributed by atoms with Gasteiger partial charge >= 0.3 is 0 Å². The van der Waals surface area contributed by atoms with Gasteiger partial charge in [0.1, 0.15) is 29.6 Å². The third-order valence-corrected chi connectivity index (χ3v) is 6.31. The number of fused-ring (bicyclic) bond motifs is 1. The molecule has 166 valence electrons. The summed E-state index contributed by atoms with van der Waals surface area (Å²) >= 11 is 0. The zero-order valence-corrected chi connectivity index (χ0v) is 18.9. The Hall–Kier alpha value is -2.29. The summed E-state index contributed by atoms with van der Waals surface area (Å²) in [5.41, 5.74) is 4.42. The Labute approximate surface area is 183 Å². The minimum Gasteiger partial charge on any atom is -0.493 e. The highest BCUT2D eigenvalue weighted by Crippen LogP contribution is 2.45. The van der Waals surface area contributed by atoms with Crippen LogP contribution < -0.4 is 4.90 Å². The van der Waals surface area contributed by atoms with Crippen molar-refractivity contribution in [2.45, 2.75) is 51.9 Å². The van der Waals surface area contributed by atoms with E-state index < -0.39 is 0 Å². The fourth-order valence-corrected chi connectivity index (χ4v) is 4.92. The first-order valence-corrected chi connectivity index (χ1v) is 11.3. The van der Waals surface area contributed by atoms with E-state index in [1.54, 1.807) is 13.4 Å². The molecule has 1 aromatic heterocycles. The molecule has 3 aliphatic heterocycles. The van der Waals surface area contributed by atoms with Crippen LogP contribution in [0.1, 0.15) is 39.3 Å². The smallest absolute Gasteiger partial charge is 0.160 e. The van der Waals surface area contributed by atoms with Crippen molar-refractivity contribution in [3.63, 3.8) is 0 Å². The molecule has 8 nitrogen and oxygen atoms in total. The molecule has 5 rings (SSSR count). The monoisotopic (exact) mass is 426 g/mol. The van der Waals surface area contributed by atoms with E-state index in [9.17, 15) is 0 Å². The summed E-state index contributed by atoms with van der Waals surface area (Å²) in [5.74, 6) is 1.94. The third kappa shape index (κ3) is 4.00. The zero-order chi connectivity index (χ0) is 21.6. The molecule has 4 heterocycles. The molecule has 0 aromatic carbocycles. The minimum atomic E-state index is 0.0283. The molecular weight excluding hydrogens is 394 g/mol. The van der Waals surface area contributed by atoms with Crippen LogP contribution in [-0.4, -0.2) is 78.5 Å². The number of nitrogens with zero attached hydrogens (tertiary/aromatic N) is 5. The minimum absolute atomic E-state index is 0.0283. The molecule has 0 saturated carbocycles. The average Bonchev–Trinajstić information content (AvgIpc) is 3.44. The molecule has 2 saturated heterocycles. The lowest BCUT2D eigenvalue weighted by atomic mass is 9.97. The summed E-state index contributed by atoms with van der Waals surface area (Å²) < 4.78 is 18.0. The van der Waals surface area contributed by atoms with E-state index >= 15 is 0 Å². The molecule has 3 unspecified atom stereocenters. The first-order chi connectivity index (χ1) is 15.0. The van der Waals surface area contributed by atoms with Gasteiger partial charge in [-0.15, -0.1) is 0 Å². The van der Waals surface area contributed by atoms with Crippen molar-refractivity contribution in [3.05, 3.63) is 41.2 Å². The Kier molecular flexibility index (Phi) is 5.32. The molecule has 31 heavy (non-hydrogen) atoms. The van der Waals surface area contributed by atoms with E-state index in [2.05, 4.69) is 40.9 Å². The molecule has 0 amide bonds. The normalized spacial score (nSPS) is 27.7. The summed E-state index contributed by atoms with van der Waals surface area (Å²) in [4.78, 5) is 11.5. The van der Waals surface area contributed by atoms with Crippen molar-refractivity contribution < 1.29 is 18.8 Å². The molecule has 1 spiro atoms. The number of quaternary nitrogens is 1. The molecule has 1 aliphatic carbocycles. The van der Waals surface area contributed by atoms with Gasteiger partial charge in [-0.05, 0) is 26.8 Å². The summed E-state index contributed by atoms with van der Waals surface area (Å²) in [5, 5.41) is 5.13. The Bertz CT molecular complexity index is 942. The number of rotatable bonds is 6. The number of hydrogen-bond donors (Lipinski definition) is 0. The van der Waals surface area contributed by atoms with Gasteiger partial charge in [0.25, 0.3) is 0 Å². The summed E-state index contributed by atoms with van der Waals surface area (Å²) in [7, 11) is 1.70. The van der Waals surface area contributed by atoms with Crippen LogP contribution in [0.15, 0.2) is 40.6 Å². The number of morpholine rings is 1. The Morgan fingerprint density at radius 3 is 2.68 bits per heavy atom. The molecule has 1 aromatic rings. The average molecular weight is 427 g/mol. The van der Waals surface area contributed by atoms with Gasteiger partial charge in [0, 0.05) is 39.1 Å². The molecule has 4 aliphatic rings. The number of ether oxygens (including phenoxy) is 3. The fraction of sp³-hybridized carbons (Fsp3) is 0.609. The topological polar surface area (TPSA) is 69.1 Å². The van der Waals surface area contributed by atoms with E-state index in [0.29, 0.717) is 6.61 Å². The van der Waals surface area contributed by atoms with Crippen LogP contribution in [0.4, 0.5) is 5.82 Å². The van der Waals surface area contributed by atoms with Crippen LogP contribution in [0, 0.1) is 0 Å². The number of methoxy groups -OCH3 is 1. The molecule has 0 radical (unpaired) electrons. The standard InChI is InChI=1S/C23H32N5O3/c1-15-11-27(12-16(2)30-15)22-10-20(24-14-25-22)23-19-9-18(31-17(3)13-29-4)5-6-21(19)28(26-23)7-8-28/h9-10,14-17H,5-8,11-13H2,1-4H3/q+1. The van der Waals surface area contributed by atoms with E-state index in [0.717, 1.165) is 66.6 Å². The quantitative estimate of drug-likeness (QED) is 0.515. The lowest BCUT2D eigenvalue weighted by Crippen LogP contribution is -2.45. The predicted molar refractivity (Wildman–Crippen MR) is 118 cm³/mol. The van der Waals surface area contributed by atoms with Crippen molar-refractivity contribution in [1.29, 1.82) is 0 Å². The van der Waals surface area contributed by atoms with Crippen molar-refractivity contribution >= 4 is 11.5 Å².